The smallest absolute Gasteiger partial charge is 0.0581 e. The molecule has 0 bridgehead atoms. The van der Waals surface area contributed by atoms with Gasteiger partial charge in [0.25, 0.3) is 0 Å². The third kappa shape index (κ3) is 4.59. The van der Waals surface area contributed by atoms with Gasteiger partial charge in [-0.15, -0.1) is 11.3 Å². The first-order chi connectivity index (χ1) is 8.96. The second kappa shape index (κ2) is 6.38. The molecule has 0 aliphatic heterocycles. The molecule has 1 fully saturated rings. The van der Waals surface area contributed by atoms with E-state index in [9.17, 15) is 5.11 Å². The van der Waals surface area contributed by atoms with Gasteiger partial charge in [-0.05, 0) is 55.5 Å². The molecule has 2 nitrogen and oxygen atoms in total. The van der Waals surface area contributed by atoms with Crippen molar-refractivity contribution in [1.29, 1.82) is 0 Å². The van der Waals surface area contributed by atoms with Crippen molar-refractivity contribution in [3.8, 4) is 0 Å². The summed E-state index contributed by atoms with van der Waals surface area (Å²) in [5.41, 5.74) is 0.401. The minimum absolute atomic E-state index is 0.0998. The summed E-state index contributed by atoms with van der Waals surface area (Å²) in [6.45, 7) is 6.77. The van der Waals surface area contributed by atoms with E-state index in [0.29, 0.717) is 11.3 Å². The van der Waals surface area contributed by atoms with E-state index in [1.807, 2.05) is 11.3 Å². The molecule has 1 aliphatic carbocycles. The Morgan fingerprint density at radius 3 is 2.95 bits per heavy atom. The van der Waals surface area contributed by atoms with Gasteiger partial charge in [0, 0.05) is 18.0 Å². The molecule has 108 valence electrons. The number of rotatable bonds is 5. The summed E-state index contributed by atoms with van der Waals surface area (Å²) in [5, 5.41) is 12.3. The summed E-state index contributed by atoms with van der Waals surface area (Å²) in [5.74, 6) is 0.442. The summed E-state index contributed by atoms with van der Waals surface area (Å²) in [6.07, 6.45) is 4.30. The lowest BCUT2D eigenvalue weighted by Crippen LogP contribution is -2.40. The average Bonchev–Trinajstić information content (AvgIpc) is 2.84. The van der Waals surface area contributed by atoms with Gasteiger partial charge >= 0.3 is 0 Å². The Morgan fingerprint density at radius 1 is 1.47 bits per heavy atom. The molecule has 19 heavy (non-hydrogen) atoms. The molecule has 0 spiro atoms. The van der Waals surface area contributed by atoms with Gasteiger partial charge < -0.3 is 10.0 Å². The summed E-state index contributed by atoms with van der Waals surface area (Å²) < 4.78 is 0. The topological polar surface area (TPSA) is 23.5 Å². The molecule has 0 saturated heterocycles. The Balaban J connectivity index is 1.78. The van der Waals surface area contributed by atoms with E-state index in [-0.39, 0.29) is 6.10 Å². The third-order valence-electron chi connectivity index (χ3n) is 4.34. The van der Waals surface area contributed by atoms with Crippen LogP contribution in [0.25, 0.3) is 0 Å². The van der Waals surface area contributed by atoms with Crippen molar-refractivity contribution < 1.29 is 5.11 Å². The van der Waals surface area contributed by atoms with Gasteiger partial charge in [0.15, 0.2) is 0 Å². The number of thiophene rings is 1. The number of aliphatic hydroxyl groups is 1. The van der Waals surface area contributed by atoms with Crippen LogP contribution in [0.3, 0.4) is 0 Å². The first-order valence-electron chi connectivity index (χ1n) is 7.35. The highest BCUT2D eigenvalue weighted by molar-refractivity contribution is 7.09. The van der Waals surface area contributed by atoms with Gasteiger partial charge in [-0.3, -0.25) is 0 Å². The second-order valence-corrected chi connectivity index (χ2v) is 7.86. The molecule has 1 aliphatic rings. The zero-order valence-corrected chi connectivity index (χ0v) is 13.2. The lowest BCUT2D eigenvalue weighted by molar-refractivity contribution is 0.00786. The van der Waals surface area contributed by atoms with Crippen LogP contribution in [0.4, 0.5) is 0 Å². The molecule has 0 radical (unpaired) electrons. The molecule has 2 rings (SSSR count). The molecule has 2 unspecified atom stereocenters. The number of likely N-dealkylation sites (N-methyl/N-ethyl adjacent to an activating group) is 1. The van der Waals surface area contributed by atoms with Gasteiger partial charge in [0.05, 0.1) is 6.10 Å². The van der Waals surface area contributed by atoms with Crippen molar-refractivity contribution in [2.75, 3.05) is 20.1 Å². The quantitative estimate of drug-likeness (QED) is 0.894. The van der Waals surface area contributed by atoms with Crippen LogP contribution < -0.4 is 0 Å². The molecule has 0 amide bonds. The van der Waals surface area contributed by atoms with Crippen molar-refractivity contribution in [2.45, 2.75) is 45.6 Å². The van der Waals surface area contributed by atoms with Gasteiger partial charge in [-0.1, -0.05) is 19.9 Å². The summed E-state index contributed by atoms with van der Waals surface area (Å²) in [4.78, 5) is 3.84. The van der Waals surface area contributed by atoms with Crippen LogP contribution in [-0.4, -0.2) is 36.2 Å². The van der Waals surface area contributed by atoms with Gasteiger partial charge in [-0.2, -0.15) is 0 Å². The molecular formula is C16H27NOS. The molecular weight excluding hydrogens is 254 g/mol. The zero-order chi connectivity index (χ0) is 13.9. The fourth-order valence-electron chi connectivity index (χ4n) is 3.16. The van der Waals surface area contributed by atoms with Crippen LogP contribution in [0.15, 0.2) is 17.5 Å². The van der Waals surface area contributed by atoms with Crippen molar-refractivity contribution in [3.05, 3.63) is 22.4 Å². The van der Waals surface area contributed by atoms with Gasteiger partial charge in [-0.25, -0.2) is 0 Å². The fraction of sp³-hybridized carbons (Fsp3) is 0.750. The first kappa shape index (κ1) is 15.0. The maximum atomic E-state index is 10.2. The Kier molecular flexibility index (Phi) is 5.04. The first-order valence-corrected chi connectivity index (χ1v) is 8.23. The van der Waals surface area contributed by atoms with Crippen LogP contribution in [0.5, 0.6) is 0 Å². The van der Waals surface area contributed by atoms with Crippen molar-refractivity contribution in [2.24, 2.45) is 11.3 Å². The summed E-state index contributed by atoms with van der Waals surface area (Å²) in [7, 11) is 2.18. The van der Waals surface area contributed by atoms with Crippen LogP contribution in [0, 0.1) is 11.3 Å². The lowest BCUT2D eigenvalue weighted by atomic mass is 9.71. The Morgan fingerprint density at radius 2 is 2.26 bits per heavy atom. The van der Waals surface area contributed by atoms with Gasteiger partial charge in [0.1, 0.15) is 0 Å². The van der Waals surface area contributed by atoms with E-state index < -0.39 is 0 Å². The Hall–Kier alpha value is -0.380. The molecule has 1 heterocycles. The van der Waals surface area contributed by atoms with E-state index >= 15 is 0 Å². The highest BCUT2D eigenvalue weighted by atomic mass is 32.1. The fourth-order valence-corrected chi connectivity index (χ4v) is 3.85. The largest absolute Gasteiger partial charge is 0.393 e. The zero-order valence-electron chi connectivity index (χ0n) is 12.4. The maximum Gasteiger partial charge on any atom is 0.0581 e. The monoisotopic (exact) mass is 281 g/mol. The van der Waals surface area contributed by atoms with Crippen molar-refractivity contribution in [1.82, 2.24) is 4.90 Å². The Bertz CT molecular complexity index is 374. The van der Waals surface area contributed by atoms with E-state index in [1.165, 1.54) is 4.88 Å². The average molecular weight is 281 g/mol. The van der Waals surface area contributed by atoms with Crippen LogP contribution in [-0.2, 0) is 6.42 Å². The van der Waals surface area contributed by atoms with Crippen LogP contribution >= 0.6 is 11.3 Å². The van der Waals surface area contributed by atoms with Crippen molar-refractivity contribution >= 4 is 11.3 Å². The molecule has 1 N–H and O–H groups in total. The molecule has 1 aromatic rings. The highest BCUT2D eigenvalue weighted by Gasteiger charge is 2.34. The predicted octanol–water partition coefficient (Wildman–Crippen LogP) is 3.41. The lowest BCUT2D eigenvalue weighted by Gasteiger charge is -2.40. The highest BCUT2D eigenvalue weighted by Crippen LogP contribution is 2.38. The summed E-state index contributed by atoms with van der Waals surface area (Å²) >= 11 is 1.84. The van der Waals surface area contributed by atoms with E-state index in [0.717, 1.165) is 38.8 Å². The predicted molar refractivity (Wildman–Crippen MR) is 82.6 cm³/mol. The van der Waals surface area contributed by atoms with Crippen molar-refractivity contribution in [3.63, 3.8) is 0 Å². The standard InChI is InChI=1S/C16H27NOS/c1-16(2)8-6-15(18)13(11-16)12-17(3)9-7-14-5-4-10-19-14/h4-5,10,13,15,18H,6-9,11-12H2,1-3H3. The second-order valence-electron chi connectivity index (χ2n) is 6.83. The minimum atomic E-state index is -0.0998. The molecule has 1 saturated carbocycles. The number of aliphatic hydroxyl groups excluding tert-OH is 1. The summed E-state index contributed by atoms with van der Waals surface area (Å²) in [6, 6.07) is 4.32. The minimum Gasteiger partial charge on any atom is -0.393 e. The van der Waals surface area contributed by atoms with E-state index in [2.05, 4.69) is 43.3 Å². The molecule has 3 heteroatoms. The van der Waals surface area contributed by atoms with E-state index in [1.54, 1.807) is 0 Å². The van der Waals surface area contributed by atoms with Crippen LogP contribution in [0.1, 0.15) is 38.0 Å². The number of nitrogens with zero attached hydrogens (tertiary/aromatic N) is 1. The third-order valence-corrected chi connectivity index (χ3v) is 5.28. The number of hydrogen-bond donors (Lipinski definition) is 1. The number of hydrogen-bond acceptors (Lipinski definition) is 3. The normalized spacial score (nSPS) is 26.8. The molecule has 2 atom stereocenters. The van der Waals surface area contributed by atoms with E-state index in [4.69, 9.17) is 0 Å². The van der Waals surface area contributed by atoms with Gasteiger partial charge in [0.2, 0.25) is 0 Å². The molecule has 1 aromatic heterocycles. The SMILES string of the molecule is CN(CCc1cccs1)CC1CC(C)(C)CCC1O. The molecule has 0 aromatic carbocycles. The Labute approximate surface area is 121 Å². The maximum absolute atomic E-state index is 10.2. The van der Waals surface area contributed by atoms with Crippen LogP contribution in [0.2, 0.25) is 0 Å².